The highest BCUT2D eigenvalue weighted by Gasteiger charge is 2.18. The molecule has 1 aromatic heterocycles. The highest BCUT2D eigenvalue weighted by atomic mass is 19.1. The summed E-state index contributed by atoms with van der Waals surface area (Å²) in [4.78, 5) is 20.1. The Bertz CT molecular complexity index is 737. The molecule has 1 amide bonds. The van der Waals surface area contributed by atoms with Crippen LogP contribution in [0, 0.1) is 5.82 Å². The first-order chi connectivity index (χ1) is 12.6. The van der Waals surface area contributed by atoms with Crippen molar-refractivity contribution in [1.82, 2.24) is 10.2 Å². The first kappa shape index (κ1) is 17.8. The van der Waals surface area contributed by atoms with Crippen molar-refractivity contribution < 1.29 is 13.6 Å². The molecule has 2 aromatic rings. The molecule has 0 radical (unpaired) electrons. The Balaban J connectivity index is 1.43. The second-order valence-corrected chi connectivity index (χ2v) is 5.98. The standard InChI is InChI=1S/C18H22FN5O2/c19-14-3-5-15(6-4-14)23-7-9-24(10-8-23)18(20)22-13-17(25)21-12-16-2-1-11-26-16/h1-6,11H,7-10,12-13H2,(H2,20,22)(H,21,25). The first-order valence-electron chi connectivity index (χ1n) is 8.46. The van der Waals surface area contributed by atoms with E-state index in [1.807, 2.05) is 4.90 Å². The average molecular weight is 359 g/mol. The number of halogens is 1. The SMILES string of the molecule is NC(=NCC(=O)NCc1ccco1)N1CCN(c2ccc(F)cc2)CC1. The van der Waals surface area contributed by atoms with Gasteiger partial charge in [0.05, 0.1) is 12.8 Å². The van der Waals surface area contributed by atoms with Gasteiger partial charge >= 0.3 is 0 Å². The van der Waals surface area contributed by atoms with Gasteiger partial charge in [-0.1, -0.05) is 0 Å². The maximum Gasteiger partial charge on any atom is 0.242 e. The van der Waals surface area contributed by atoms with Gasteiger partial charge in [-0.2, -0.15) is 0 Å². The number of hydrogen-bond acceptors (Lipinski definition) is 4. The van der Waals surface area contributed by atoms with Crippen molar-refractivity contribution in [3.8, 4) is 0 Å². The van der Waals surface area contributed by atoms with Crippen LogP contribution in [0.4, 0.5) is 10.1 Å². The summed E-state index contributed by atoms with van der Waals surface area (Å²) in [5.74, 6) is 0.590. The van der Waals surface area contributed by atoms with E-state index in [9.17, 15) is 9.18 Å². The number of aliphatic imine (C=N–C) groups is 1. The van der Waals surface area contributed by atoms with Crippen molar-refractivity contribution in [2.24, 2.45) is 10.7 Å². The summed E-state index contributed by atoms with van der Waals surface area (Å²) in [6, 6.07) is 10.0. The molecule has 1 aromatic carbocycles. The van der Waals surface area contributed by atoms with E-state index in [2.05, 4.69) is 15.2 Å². The lowest BCUT2D eigenvalue weighted by atomic mass is 10.2. The van der Waals surface area contributed by atoms with Crippen LogP contribution in [-0.4, -0.2) is 49.5 Å². The molecule has 3 rings (SSSR count). The maximum absolute atomic E-state index is 13.0. The molecule has 1 aliphatic rings. The fourth-order valence-electron chi connectivity index (χ4n) is 2.75. The Morgan fingerprint density at radius 1 is 1.19 bits per heavy atom. The Kier molecular flexibility index (Phi) is 5.73. The number of amides is 1. The molecule has 0 saturated carbocycles. The number of nitrogens with two attached hydrogens (primary N) is 1. The zero-order chi connectivity index (χ0) is 18.4. The Morgan fingerprint density at radius 2 is 1.92 bits per heavy atom. The molecule has 0 spiro atoms. The van der Waals surface area contributed by atoms with Gasteiger partial charge in [0.25, 0.3) is 0 Å². The van der Waals surface area contributed by atoms with Gasteiger partial charge in [0, 0.05) is 31.9 Å². The van der Waals surface area contributed by atoms with Crippen molar-refractivity contribution in [3.63, 3.8) is 0 Å². The first-order valence-corrected chi connectivity index (χ1v) is 8.46. The highest BCUT2D eigenvalue weighted by molar-refractivity contribution is 5.84. The predicted octanol–water partition coefficient (Wildman–Crippen LogP) is 1.17. The topological polar surface area (TPSA) is 87.1 Å². The highest BCUT2D eigenvalue weighted by Crippen LogP contribution is 2.16. The van der Waals surface area contributed by atoms with E-state index in [0.29, 0.717) is 31.4 Å². The van der Waals surface area contributed by atoms with Gasteiger partial charge < -0.3 is 25.3 Å². The number of hydrogen-bond donors (Lipinski definition) is 2. The molecule has 7 nitrogen and oxygen atoms in total. The third-order valence-corrected chi connectivity index (χ3v) is 4.22. The number of carbonyl (C=O) groups is 1. The van der Waals surface area contributed by atoms with E-state index in [-0.39, 0.29) is 18.3 Å². The number of nitrogens with one attached hydrogen (secondary N) is 1. The molecule has 0 aliphatic carbocycles. The summed E-state index contributed by atoms with van der Waals surface area (Å²) in [6.45, 7) is 3.21. The molecule has 138 valence electrons. The van der Waals surface area contributed by atoms with Gasteiger partial charge in [0.2, 0.25) is 5.91 Å². The minimum atomic E-state index is -0.242. The summed E-state index contributed by atoms with van der Waals surface area (Å²) in [6.07, 6.45) is 1.56. The molecule has 26 heavy (non-hydrogen) atoms. The van der Waals surface area contributed by atoms with Gasteiger partial charge in [-0.05, 0) is 36.4 Å². The lowest BCUT2D eigenvalue weighted by Crippen LogP contribution is -2.51. The molecule has 1 saturated heterocycles. The molecule has 0 unspecified atom stereocenters. The number of guanidine groups is 1. The Morgan fingerprint density at radius 3 is 2.58 bits per heavy atom. The number of rotatable bonds is 5. The predicted molar refractivity (Wildman–Crippen MR) is 97.2 cm³/mol. The zero-order valence-electron chi connectivity index (χ0n) is 14.4. The average Bonchev–Trinajstić information content (AvgIpc) is 3.19. The van der Waals surface area contributed by atoms with Crippen LogP contribution in [0.2, 0.25) is 0 Å². The Hall–Kier alpha value is -3.03. The summed E-state index contributed by atoms with van der Waals surface area (Å²) in [5.41, 5.74) is 6.99. The number of furan rings is 1. The fraction of sp³-hybridized carbons (Fsp3) is 0.333. The van der Waals surface area contributed by atoms with E-state index >= 15 is 0 Å². The third-order valence-electron chi connectivity index (χ3n) is 4.22. The van der Waals surface area contributed by atoms with Crippen LogP contribution in [0.15, 0.2) is 52.1 Å². The van der Waals surface area contributed by atoms with Crippen molar-refractivity contribution in [2.75, 3.05) is 37.6 Å². The van der Waals surface area contributed by atoms with E-state index in [4.69, 9.17) is 10.2 Å². The molecular formula is C18H22FN5O2. The molecule has 1 aliphatic heterocycles. The van der Waals surface area contributed by atoms with E-state index in [1.165, 1.54) is 12.1 Å². The third kappa shape index (κ3) is 4.75. The van der Waals surface area contributed by atoms with Crippen LogP contribution < -0.4 is 16.0 Å². The quantitative estimate of drug-likeness (QED) is 0.618. The van der Waals surface area contributed by atoms with Gasteiger partial charge in [0.15, 0.2) is 5.96 Å². The second-order valence-electron chi connectivity index (χ2n) is 5.98. The van der Waals surface area contributed by atoms with E-state index in [1.54, 1.807) is 30.5 Å². The number of piperazine rings is 1. The maximum atomic E-state index is 13.0. The zero-order valence-corrected chi connectivity index (χ0v) is 14.4. The molecule has 3 N–H and O–H groups in total. The van der Waals surface area contributed by atoms with Gasteiger partial charge in [0.1, 0.15) is 18.1 Å². The van der Waals surface area contributed by atoms with Crippen LogP contribution in [0.25, 0.3) is 0 Å². The summed E-state index contributed by atoms with van der Waals surface area (Å²) < 4.78 is 18.2. The molecule has 0 atom stereocenters. The molecule has 1 fully saturated rings. The molecular weight excluding hydrogens is 337 g/mol. The lowest BCUT2D eigenvalue weighted by Gasteiger charge is -2.36. The minimum absolute atomic E-state index is 0.0231. The fourth-order valence-corrected chi connectivity index (χ4v) is 2.75. The van der Waals surface area contributed by atoms with Gasteiger partial charge in [-0.15, -0.1) is 0 Å². The smallest absolute Gasteiger partial charge is 0.242 e. The number of nitrogens with zero attached hydrogens (tertiary/aromatic N) is 3. The number of benzene rings is 1. The number of carbonyl (C=O) groups excluding carboxylic acids is 1. The summed E-state index contributed by atoms with van der Waals surface area (Å²) in [5, 5.41) is 2.72. The van der Waals surface area contributed by atoms with Crippen molar-refractivity contribution in [2.45, 2.75) is 6.54 Å². The van der Waals surface area contributed by atoms with Crippen molar-refractivity contribution in [1.29, 1.82) is 0 Å². The van der Waals surface area contributed by atoms with E-state index in [0.717, 1.165) is 18.8 Å². The van der Waals surface area contributed by atoms with Crippen LogP contribution >= 0.6 is 0 Å². The largest absolute Gasteiger partial charge is 0.467 e. The van der Waals surface area contributed by atoms with Crippen LogP contribution in [0.3, 0.4) is 0 Å². The molecule has 0 bridgehead atoms. The minimum Gasteiger partial charge on any atom is -0.467 e. The van der Waals surface area contributed by atoms with Crippen LogP contribution in [0.5, 0.6) is 0 Å². The van der Waals surface area contributed by atoms with Crippen molar-refractivity contribution >= 4 is 17.6 Å². The van der Waals surface area contributed by atoms with Crippen LogP contribution in [-0.2, 0) is 11.3 Å². The van der Waals surface area contributed by atoms with Gasteiger partial charge in [-0.25, -0.2) is 9.38 Å². The molecule has 8 heteroatoms. The van der Waals surface area contributed by atoms with Crippen LogP contribution in [0.1, 0.15) is 5.76 Å². The number of anilines is 1. The Labute approximate surface area is 151 Å². The monoisotopic (exact) mass is 359 g/mol. The molecule has 2 heterocycles. The summed E-state index contributed by atoms with van der Waals surface area (Å²) >= 11 is 0. The van der Waals surface area contributed by atoms with Crippen molar-refractivity contribution in [3.05, 3.63) is 54.2 Å². The van der Waals surface area contributed by atoms with Gasteiger partial charge in [-0.3, -0.25) is 4.79 Å². The normalized spacial score (nSPS) is 15.2. The van der Waals surface area contributed by atoms with E-state index < -0.39 is 0 Å². The summed E-state index contributed by atoms with van der Waals surface area (Å²) in [7, 11) is 0. The second kappa shape index (κ2) is 8.37. The lowest BCUT2D eigenvalue weighted by molar-refractivity contribution is -0.119.